The molecule has 25 heavy (non-hydrogen) atoms. The summed E-state index contributed by atoms with van der Waals surface area (Å²) in [6.07, 6.45) is 1.82. The Morgan fingerprint density at radius 2 is 1.84 bits per heavy atom. The molecule has 0 amide bonds. The number of benzene rings is 2. The molecule has 0 atom stereocenters. The largest absolute Gasteiger partial charge is 0.379 e. The van der Waals surface area contributed by atoms with E-state index in [0.29, 0.717) is 17.9 Å². The summed E-state index contributed by atoms with van der Waals surface area (Å²) >= 11 is 0. The number of sulfonamides is 1. The Hall–Kier alpha value is -2.61. The van der Waals surface area contributed by atoms with Gasteiger partial charge in [-0.2, -0.15) is 0 Å². The molecule has 0 radical (unpaired) electrons. The molecule has 134 valence electrons. The van der Waals surface area contributed by atoms with Crippen LogP contribution in [-0.4, -0.2) is 19.9 Å². The van der Waals surface area contributed by atoms with E-state index in [4.69, 9.17) is 0 Å². The highest BCUT2D eigenvalue weighted by Gasteiger charge is 2.21. The number of rotatable bonds is 8. The molecule has 2 aromatic rings. The normalized spacial score (nSPS) is 11.1. The second-order valence-electron chi connectivity index (χ2n) is 5.64. The van der Waals surface area contributed by atoms with Crippen molar-refractivity contribution in [1.29, 1.82) is 0 Å². The van der Waals surface area contributed by atoms with Gasteiger partial charge in [0.15, 0.2) is 0 Å². The molecule has 0 saturated carbocycles. The number of nitro benzene ring substituents is 1. The molecule has 0 aliphatic carbocycles. The number of nitrogens with zero attached hydrogens (tertiary/aromatic N) is 1. The van der Waals surface area contributed by atoms with Gasteiger partial charge in [-0.05, 0) is 37.1 Å². The maximum atomic E-state index is 12.5. The van der Waals surface area contributed by atoms with Gasteiger partial charge in [-0.25, -0.2) is 8.42 Å². The van der Waals surface area contributed by atoms with Crippen LogP contribution in [0.15, 0.2) is 47.4 Å². The summed E-state index contributed by atoms with van der Waals surface area (Å²) < 4.78 is 27.6. The fourth-order valence-electron chi connectivity index (χ4n) is 2.27. The molecule has 2 N–H and O–H groups in total. The SMILES string of the molecule is CCCCNc1ccc(S(=O)(=O)Nc2ccccc2C)cc1[N+](=O)[O-]. The molecule has 0 aliphatic rings. The van der Waals surface area contributed by atoms with Crippen molar-refractivity contribution in [3.63, 3.8) is 0 Å². The molecule has 0 bridgehead atoms. The minimum absolute atomic E-state index is 0.150. The van der Waals surface area contributed by atoms with Gasteiger partial charge in [0, 0.05) is 12.6 Å². The first-order valence-electron chi connectivity index (χ1n) is 7.96. The monoisotopic (exact) mass is 363 g/mol. The summed E-state index contributed by atoms with van der Waals surface area (Å²) in [7, 11) is -3.92. The Morgan fingerprint density at radius 1 is 1.12 bits per heavy atom. The van der Waals surface area contributed by atoms with E-state index in [0.717, 1.165) is 24.5 Å². The van der Waals surface area contributed by atoms with Crippen molar-refractivity contribution in [2.75, 3.05) is 16.6 Å². The number of para-hydroxylation sites is 1. The van der Waals surface area contributed by atoms with Gasteiger partial charge in [0.05, 0.1) is 15.5 Å². The summed E-state index contributed by atoms with van der Waals surface area (Å²) in [6.45, 7) is 4.38. The molecule has 0 heterocycles. The Labute approximate surface area is 147 Å². The predicted molar refractivity (Wildman–Crippen MR) is 98.5 cm³/mol. The topological polar surface area (TPSA) is 101 Å². The Kier molecular flexibility index (Phi) is 5.97. The fourth-order valence-corrected chi connectivity index (χ4v) is 3.42. The van der Waals surface area contributed by atoms with Gasteiger partial charge in [-0.3, -0.25) is 14.8 Å². The molecular weight excluding hydrogens is 342 g/mol. The second kappa shape index (κ2) is 7.98. The summed E-state index contributed by atoms with van der Waals surface area (Å²) in [5.41, 5.74) is 1.26. The average molecular weight is 363 g/mol. The highest BCUT2D eigenvalue weighted by molar-refractivity contribution is 7.92. The van der Waals surface area contributed by atoms with Crippen molar-refractivity contribution in [2.24, 2.45) is 0 Å². The number of aryl methyl sites for hydroxylation is 1. The lowest BCUT2D eigenvalue weighted by Crippen LogP contribution is -2.14. The lowest BCUT2D eigenvalue weighted by atomic mass is 10.2. The molecule has 2 aromatic carbocycles. The van der Waals surface area contributed by atoms with Crippen LogP contribution in [0.2, 0.25) is 0 Å². The Morgan fingerprint density at radius 3 is 2.48 bits per heavy atom. The van der Waals surface area contributed by atoms with Gasteiger partial charge in [0.1, 0.15) is 5.69 Å². The number of hydrogen-bond donors (Lipinski definition) is 2. The molecule has 8 heteroatoms. The Balaban J connectivity index is 2.33. The number of hydrogen-bond acceptors (Lipinski definition) is 5. The zero-order valence-corrected chi connectivity index (χ0v) is 15.0. The predicted octanol–water partition coefficient (Wildman–Crippen LogP) is 3.92. The summed E-state index contributed by atoms with van der Waals surface area (Å²) in [4.78, 5) is 10.6. The smallest absolute Gasteiger partial charge is 0.293 e. The lowest BCUT2D eigenvalue weighted by molar-refractivity contribution is -0.384. The number of nitro groups is 1. The van der Waals surface area contributed by atoms with Crippen LogP contribution in [0.3, 0.4) is 0 Å². The van der Waals surface area contributed by atoms with Crippen LogP contribution in [0, 0.1) is 17.0 Å². The van der Waals surface area contributed by atoms with E-state index < -0.39 is 14.9 Å². The molecule has 0 fully saturated rings. The lowest BCUT2D eigenvalue weighted by Gasteiger charge is -2.12. The third-order valence-electron chi connectivity index (χ3n) is 3.71. The standard InChI is InChI=1S/C17H21N3O4S/c1-3-4-11-18-16-10-9-14(12-17(16)20(21)22)25(23,24)19-15-8-6-5-7-13(15)2/h5-10,12,18-19H,3-4,11H2,1-2H3. The summed E-state index contributed by atoms with van der Waals surface area (Å²) in [5.74, 6) is 0. The zero-order chi connectivity index (χ0) is 18.4. The van der Waals surface area contributed by atoms with Crippen LogP contribution in [0.4, 0.5) is 17.1 Å². The first-order valence-corrected chi connectivity index (χ1v) is 9.44. The van der Waals surface area contributed by atoms with Crippen molar-refractivity contribution < 1.29 is 13.3 Å². The molecule has 0 saturated heterocycles. The van der Waals surface area contributed by atoms with Crippen molar-refractivity contribution in [1.82, 2.24) is 0 Å². The van der Waals surface area contributed by atoms with E-state index in [1.807, 2.05) is 6.92 Å². The minimum Gasteiger partial charge on any atom is -0.379 e. The van der Waals surface area contributed by atoms with E-state index in [1.54, 1.807) is 31.2 Å². The molecule has 0 aliphatic heterocycles. The number of nitrogens with one attached hydrogen (secondary N) is 2. The quantitative estimate of drug-likeness (QED) is 0.420. The van der Waals surface area contributed by atoms with Gasteiger partial charge in [0.2, 0.25) is 0 Å². The van der Waals surface area contributed by atoms with Gasteiger partial charge in [-0.1, -0.05) is 31.5 Å². The maximum Gasteiger partial charge on any atom is 0.293 e. The molecule has 7 nitrogen and oxygen atoms in total. The summed E-state index contributed by atoms with van der Waals surface area (Å²) in [5, 5.41) is 14.3. The van der Waals surface area contributed by atoms with Crippen molar-refractivity contribution in [3.05, 3.63) is 58.1 Å². The number of unbranched alkanes of at least 4 members (excludes halogenated alkanes) is 1. The highest BCUT2D eigenvalue weighted by atomic mass is 32.2. The van der Waals surface area contributed by atoms with Crippen LogP contribution in [0.1, 0.15) is 25.3 Å². The first kappa shape index (κ1) is 18.7. The van der Waals surface area contributed by atoms with E-state index in [-0.39, 0.29) is 10.6 Å². The van der Waals surface area contributed by atoms with E-state index >= 15 is 0 Å². The van der Waals surface area contributed by atoms with E-state index in [1.165, 1.54) is 12.1 Å². The molecule has 2 rings (SSSR count). The fraction of sp³-hybridized carbons (Fsp3) is 0.294. The van der Waals surface area contributed by atoms with Crippen LogP contribution in [0.5, 0.6) is 0 Å². The van der Waals surface area contributed by atoms with Crippen LogP contribution in [0.25, 0.3) is 0 Å². The second-order valence-corrected chi connectivity index (χ2v) is 7.32. The van der Waals surface area contributed by atoms with Crippen molar-refractivity contribution in [3.8, 4) is 0 Å². The minimum atomic E-state index is -3.92. The first-order chi connectivity index (χ1) is 11.8. The molecule has 0 aromatic heterocycles. The maximum absolute atomic E-state index is 12.5. The van der Waals surface area contributed by atoms with Gasteiger partial charge < -0.3 is 5.32 Å². The van der Waals surface area contributed by atoms with Gasteiger partial charge >= 0.3 is 0 Å². The van der Waals surface area contributed by atoms with Crippen molar-refractivity contribution >= 4 is 27.1 Å². The van der Waals surface area contributed by atoms with Crippen LogP contribution >= 0.6 is 0 Å². The molecular formula is C17H21N3O4S. The van der Waals surface area contributed by atoms with Crippen molar-refractivity contribution in [2.45, 2.75) is 31.6 Å². The third kappa shape index (κ3) is 4.69. The summed E-state index contributed by atoms with van der Waals surface area (Å²) in [6, 6.07) is 10.8. The average Bonchev–Trinajstić information content (AvgIpc) is 2.57. The van der Waals surface area contributed by atoms with E-state index in [2.05, 4.69) is 10.0 Å². The molecule has 0 unspecified atom stereocenters. The van der Waals surface area contributed by atoms with Crippen LogP contribution < -0.4 is 10.0 Å². The third-order valence-corrected chi connectivity index (χ3v) is 5.07. The zero-order valence-electron chi connectivity index (χ0n) is 14.2. The van der Waals surface area contributed by atoms with Gasteiger partial charge in [-0.15, -0.1) is 0 Å². The van der Waals surface area contributed by atoms with Crippen LogP contribution in [-0.2, 0) is 10.0 Å². The van der Waals surface area contributed by atoms with Gasteiger partial charge in [0.25, 0.3) is 15.7 Å². The molecule has 0 spiro atoms. The van der Waals surface area contributed by atoms with E-state index in [9.17, 15) is 18.5 Å². The highest BCUT2D eigenvalue weighted by Crippen LogP contribution is 2.29. The number of anilines is 2. The Bertz CT molecular complexity index is 866.